The second-order valence-electron chi connectivity index (χ2n) is 10.8. The van der Waals surface area contributed by atoms with Crippen LogP contribution < -0.4 is 10.1 Å². The van der Waals surface area contributed by atoms with Crippen LogP contribution in [0.3, 0.4) is 0 Å². The minimum atomic E-state index is -1.32. The molecule has 2 aromatic rings. The average Bonchev–Trinajstić information content (AvgIpc) is 3.40. The fourth-order valence-electron chi connectivity index (χ4n) is 5.77. The Morgan fingerprint density at radius 3 is 2.27 bits per heavy atom. The fraction of sp³-hybridized carbons (Fsp3) is 0.567. The third kappa shape index (κ3) is 7.43. The predicted molar refractivity (Wildman–Crippen MR) is 150 cm³/mol. The van der Waals surface area contributed by atoms with Crippen LogP contribution in [-0.4, -0.2) is 59.2 Å². The van der Waals surface area contributed by atoms with E-state index in [1.165, 1.54) is 37.1 Å². The van der Waals surface area contributed by atoms with Crippen molar-refractivity contribution in [1.29, 1.82) is 0 Å². The first kappa shape index (κ1) is 27.8. The highest BCUT2D eigenvalue weighted by Gasteiger charge is 2.24. The molecule has 4 rings (SSSR count). The molecular weight excluding hydrogens is 482 g/mol. The summed E-state index contributed by atoms with van der Waals surface area (Å²) in [6.45, 7) is 7.87. The molecule has 37 heavy (non-hydrogen) atoms. The van der Waals surface area contributed by atoms with Gasteiger partial charge in [-0.05, 0) is 106 Å². The molecule has 1 heterocycles. The fourth-order valence-corrected chi connectivity index (χ4v) is 7.00. The summed E-state index contributed by atoms with van der Waals surface area (Å²) in [6, 6.07) is 13.3. The summed E-state index contributed by atoms with van der Waals surface area (Å²) in [4.78, 5) is 16.0. The minimum absolute atomic E-state index is 0.0433. The van der Waals surface area contributed by atoms with Crippen molar-refractivity contribution in [3.63, 3.8) is 0 Å². The second-order valence-corrected chi connectivity index (χ2v) is 12.3. The van der Waals surface area contributed by atoms with Gasteiger partial charge in [-0.2, -0.15) is 0 Å². The molecule has 1 atom stereocenters. The number of benzene rings is 2. The molecule has 7 heteroatoms. The Labute approximate surface area is 225 Å². The smallest absolute Gasteiger partial charge is 0.221 e. The average molecular weight is 526 g/mol. The Morgan fingerprint density at radius 1 is 1.05 bits per heavy atom. The molecule has 2 aromatic carbocycles. The number of nitrogens with zero attached hydrogens (tertiary/aromatic N) is 2. The maximum atomic E-state index is 13.1. The molecule has 2 fully saturated rings. The van der Waals surface area contributed by atoms with E-state index in [9.17, 15) is 9.00 Å². The van der Waals surface area contributed by atoms with E-state index in [4.69, 9.17) is 4.74 Å². The number of rotatable bonds is 10. The Morgan fingerprint density at radius 2 is 1.68 bits per heavy atom. The van der Waals surface area contributed by atoms with Crippen LogP contribution in [0, 0.1) is 13.8 Å². The second kappa shape index (κ2) is 13.0. The first-order chi connectivity index (χ1) is 17.8. The van der Waals surface area contributed by atoms with E-state index in [0.717, 1.165) is 54.0 Å². The van der Waals surface area contributed by atoms with Gasteiger partial charge in [-0.3, -0.25) is 9.69 Å². The molecule has 1 aliphatic carbocycles. The number of hydrogen-bond acceptors (Lipinski definition) is 4. The monoisotopic (exact) mass is 525 g/mol. The number of hydrogen-bond donors (Lipinski definition) is 1. The van der Waals surface area contributed by atoms with Gasteiger partial charge in [0.05, 0.1) is 12.0 Å². The van der Waals surface area contributed by atoms with Crippen LogP contribution in [0.15, 0.2) is 41.3 Å². The number of ether oxygens (including phenoxy) is 1. The van der Waals surface area contributed by atoms with E-state index in [-0.39, 0.29) is 11.9 Å². The van der Waals surface area contributed by atoms with Crippen molar-refractivity contribution in [2.75, 3.05) is 33.8 Å². The topological polar surface area (TPSA) is 61.9 Å². The van der Waals surface area contributed by atoms with Gasteiger partial charge in [0.15, 0.2) is 0 Å². The maximum Gasteiger partial charge on any atom is 0.221 e. The largest absolute Gasteiger partial charge is 0.497 e. The molecule has 1 unspecified atom stereocenters. The lowest BCUT2D eigenvalue weighted by atomic mass is 9.81. The van der Waals surface area contributed by atoms with Crippen LogP contribution in [0.5, 0.6) is 5.75 Å². The number of nitrogens with one attached hydrogen (secondary N) is 1. The first-order valence-electron chi connectivity index (χ1n) is 13.7. The quantitative estimate of drug-likeness (QED) is 0.469. The van der Waals surface area contributed by atoms with Crippen molar-refractivity contribution < 1.29 is 13.7 Å². The Kier molecular flexibility index (Phi) is 9.79. The van der Waals surface area contributed by atoms with E-state index in [1.807, 2.05) is 33.0 Å². The summed E-state index contributed by atoms with van der Waals surface area (Å²) in [5.41, 5.74) is 4.71. The molecule has 1 saturated carbocycles. The highest BCUT2D eigenvalue weighted by atomic mass is 32.2. The molecule has 0 radical (unpaired) electrons. The van der Waals surface area contributed by atoms with Gasteiger partial charge in [-0.1, -0.05) is 24.3 Å². The zero-order chi connectivity index (χ0) is 26.4. The predicted octanol–water partition coefficient (Wildman–Crippen LogP) is 5.09. The van der Waals surface area contributed by atoms with E-state index in [0.29, 0.717) is 18.9 Å². The lowest BCUT2D eigenvalue weighted by molar-refractivity contribution is -0.122. The molecule has 202 valence electrons. The van der Waals surface area contributed by atoms with Crippen LogP contribution in [0.25, 0.3) is 0 Å². The highest BCUT2D eigenvalue weighted by Crippen LogP contribution is 2.33. The van der Waals surface area contributed by atoms with E-state index in [1.54, 1.807) is 11.4 Å². The number of likely N-dealkylation sites (tertiary alicyclic amines) is 1. The normalized spacial score (nSPS) is 21.2. The maximum absolute atomic E-state index is 13.1. The number of carbonyl (C=O) groups excluding carboxylic acids is 1. The zero-order valence-corrected chi connectivity index (χ0v) is 23.7. The lowest BCUT2D eigenvalue weighted by Crippen LogP contribution is -2.38. The number of amides is 1. The van der Waals surface area contributed by atoms with Crippen molar-refractivity contribution in [3.05, 3.63) is 58.7 Å². The van der Waals surface area contributed by atoms with Gasteiger partial charge < -0.3 is 10.1 Å². The summed E-state index contributed by atoms with van der Waals surface area (Å²) in [5, 5.41) is 3.23. The van der Waals surface area contributed by atoms with Crippen molar-refractivity contribution in [2.24, 2.45) is 0 Å². The van der Waals surface area contributed by atoms with Gasteiger partial charge in [0.1, 0.15) is 16.7 Å². The van der Waals surface area contributed by atoms with E-state index >= 15 is 0 Å². The van der Waals surface area contributed by atoms with Gasteiger partial charge in [-0.25, -0.2) is 8.51 Å². The van der Waals surface area contributed by atoms with E-state index in [2.05, 4.69) is 34.5 Å². The molecule has 1 saturated heterocycles. The van der Waals surface area contributed by atoms with Crippen LogP contribution in [0.1, 0.15) is 73.1 Å². The third-order valence-electron chi connectivity index (χ3n) is 7.93. The zero-order valence-electron chi connectivity index (χ0n) is 22.9. The van der Waals surface area contributed by atoms with Crippen molar-refractivity contribution in [1.82, 2.24) is 14.5 Å². The van der Waals surface area contributed by atoms with Gasteiger partial charge in [0.2, 0.25) is 5.91 Å². The van der Waals surface area contributed by atoms with Gasteiger partial charge >= 0.3 is 0 Å². The summed E-state index contributed by atoms with van der Waals surface area (Å²) < 4.78 is 20.2. The lowest BCUT2D eigenvalue weighted by Gasteiger charge is -2.30. The Balaban J connectivity index is 1.19. The van der Waals surface area contributed by atoms with Crippen LogP contribution in [0.4, 0.5) is 0 Å². The first-order valence-corrected chi connectivity index (χ1v) is 14.8. The van der Waals surface area contributed by atoms with Crippen LogP contribution in [-0.2, 0) is 22.3 Å². The minimum Gasteiger partial charge on any atom is -0.497 e. The molecule has 0 bridgehead atoms. The number of methoxy groups -OCH3 is 1. The molecule has 0 aromatic heterocycles. The van der Waals surface area contributed by atoms with Crippen LogP contribution in [0.2, 0.25) is 0 Å². The Bertz CT molecular complexity index is 1050. The molecule has 1 aliphatic heterocycles. The molecule has 6 nitrogen and oxygen atoms in total. The SMILES string of the molecule is COc1cc(C)c(S(=O)N(C)CCC(=O)NC2CCC(c3ccc(CN4CCCC4)cc3)CC2)c(C)c1. The number of carbonyl (C=O) groups is 1. The molecule has 2 aliphatic rings. The van der Waals surface area contributed by atoms with E-state index < -0.39 is 11.0 Å². The summed E-state index contributed by atoms with van der Waals surface area (Å²) >= 11 is 0. The third-order valence-corrected chi connectivity index (χ3v) is 9.67. The number of aryl methyl sites for hydroxylation is 2. The molecule has 1 N–H and O–H groups in total. The molecular formula is C30H43N3O3S. The van der Waals surface area contributed by atoms with Crippen molar-refractivity contribution in [2.45, 2.75) is 82.2 Å². The van der Waals surface area contributed by atoms with Crippen molar-refractivity contribution >= 4 is 16.9 Å². The standard InChI is InChI=1S/C30H43N3O3S/c1-22-19-28(36-4)20-23(2)30(22)37(35)32(3)18-15-29(34)31-27-13-11-26(12-14-27)25-9-7-24(8-10-25)21-33-16-5-6-17-33/h7-10,19-20,26-27H,5-6,11-18,21H2,1-4H3,(H,31,34). The molecule has 1 amide bonds. The van der Waals surface area contributed by atoms with Gasteiger partial charge in [-0.15, -0.1) is 0 Å². The highest BCUT2D eigenvalue weighted by molar-refractivity contribution is 7.82. The van der Waals surface area contributed by atoms with Gasteiger partial charge in [0.25, 0.3) is 0 Å². The van der Waals surface area contributed by atoms with Gasteiger partial charge in [0, 0.05) is 32.6 Å². The Hall–Kier alpha value is -2.22. The van der Waals surface area contributed by atoms with Crippen molar-refractivity contribution in [3.8, 4) is 5.75 Å². The van der Waals surface area contributed by atoms with Crippen LogP contribution >= 0.6 is 0 Å². The summed E-state index contributed by atoms with van der Waals surface area (Å²) in [5.74, 6) is 1.39. The summed E-state index contributed by atoms with van der Waals surface area (Å²) in [6.07, 6.45) is 7.24. The summed E-state index contributed by atoms with van der Waals surface area (Å²) in [7, 11) is 2.13. The molecule has 0 spiro atoms.